The number of hydrogen-bond acceptors (Lipinski definition) is 3. The number of nitrogens with zero attached hydrogens (tertiary/aromatic N) is 3. The van der Waals surface area contributed by atoms with Crippen molar-refractivity contribution in [1.82, 2.24) is 0 Å². The van der Waals surface area contributed by atoms with E-state index in [1.54, 1.807) is 12.1 Å². The summed E-state index contributed by atoms with van der Waals surface area (Å²) in [5.41, 5.74) is 12.2. The zero-order valence-electron chi connectivity index (χ0n) is 11.2. The van der Waals surface area contributed by atoms with Gasteiger partial charge in [-0.3, -0.25) is 0 Å². The first-order chi connectivity index (χ1) is 9.63. The monoisotopic (exact) mass is 267 g/mol. The zero-order chi connectivity index (χ0) is 14.5. The molecule has 0 aliphatic carbocycles. The lowest BCUT2D eigenvalue weighted by atomic mass is 10.0. The largest absolute Gasteiger partial charge is 0.465 e. The van der Waals surface area contributed by atoms with Crippen molar-refractivity contribution in [1.29, 1.82) is 0 Å². The molecular formula is C15H13N3O2. The Morgan fingerprint density at radius 1 is 1.15 bits per heavy atom. The van der Waals surface area contributed by atoms with E-state index in [2.05, 4.69) is 10.0 Å². The van der Waals surface area contributed by atoms with Gasteiger partial charge in [-0.05, 0) is 41.8 Å². The van der Waals surface area contributed by atoms with Crippen molar-refractivity contribution in [2.75, 3.05) is 7.11 Å². The summed E-state index contributed by atoms with van der Waals surface area (Å²) in [6, 6.07) is 12.8. The van der Waals surface area contributed by atoms with Crippen molar-refractivity contribution in [3.8, 4) is 11.1 Å². The molecule has 100 valence electrons. The highest BCUT2D eigenvalue weighted by Gasteiger charge is 2.09. The maximum Gasteiger partial charge on any atom is 0.337 e. The Labute approximate surface area is 116 Å². The molecule has 5 heteroatoms. The van der Waals surface area contributed by atoms with Gasteiger partial charge in [-0.2, -0.15) is 0 Å². The Hall–Kier alpha value is -2.78. The summed E-state index contributed by atoms with van der Waals surface area (Å²) in [5.74, 6) is -0.464. The van der Waals surface area contributed by atoms with Crippen LogP contribution >= 0.6 is 0 Å². The van der Waals surface area contributed by atoms with E-state index >= 15 is 0 Å². The fraction of sp³-hybridized carbons (Fsp3) is 0.133. The summed E-state index contributed by atoms with van der Waals surface area (Å²) in [4.78, 5) is 14.4. The average molecular weight is 267 g/mol. The van der Waals surface area contributed by atoms with Crippen molar-refractivity contribution in [2.45, 2.75) is 6.92 Å². The maximum atomic E-state index is 11.7. The van der Waals surface area contributed by atoms with Gasteiger partial charge in [-0.1, -0.05) is 34.9 Å². The molecule has 0 N–H and O–H groups in total. The molecule has 0 spiro atoms. The second-order valence-corrected chi connectivity index (χ2v) is 4.32. The average Bonchev–Trinajstić information content (AvgIpc) is 2.47. The van der Waals surface area contributed by atoms with Crippen molar-refractivity contribution in [3.05, 3.63) is 64.0 Å². The first kappa shape index (κ1) is 13.6. The topological polar surface area (TPSA) is 75.1 Å². The van der Waals surface area contributed by atoms with Crippen LogP contribution in [0.4, 0.5) is 5.69 Å². The van der Waals surface area contributed by atoms with E-state index in [-0.39, 0.29) is 0 Å². The van der Waals surface area contributed by atoms with E-state index in [9.17, 15) is 4.79 Å². The number of benzene rings is 2. The van der Waals surface area contributed by atoms with Crippen LogP contribution in [0.1, 0.15) is 15.9 Å². The van der Waals surface area contributed by atoms with E-state index in [1.165, 1.54) is 13.2 Å². The highest BCUT2D eigenvalue weighted by Crippen LogP contribution is 2.27. The van der Waals surface area contributed by atoms with Crippen LogP contribution in [-0.2, 0) is 4.74 Å². The minimum absolute atomic E-state index is 0.355. The molecule has 0 fully saturated rings. The predicted octanol–water partition coefficient (Wildman–Crippen LogP) is 4.39. The lowest BCUT2D eigenvalue weighted by molar-refractivity contribution is 0.0601. The lowest BCUT2D eigenvalue weighted by Gasteiger charge is -2.07. The molecule has 0 bridgehead atoms. The van der Waals surface area contributed by atoms with Gasteiger partial charge in [0.05, 0.1) is 12.7 Å². The Bertz CT molecular complexity index is 687. The fourth-order valence-corrected chi connectivity index (χ4v) is 1.87. The molecule has 0 unspecified atom stereocenters. The quantitative estimate of drug-likeness (QED) is 0.358. The van der Waals surface area contributed by atoms with Gasteiger partial charge in [0, 0.05) is 10.6 Å². The van der Waals surface area contributed by atoms with Crippen LogP contribution in [0.3, 0.4) is 0 Å². The molecule has 0 aliphatic heterocycles. The number of aryl methyl sites for hydroxylation is 1. The molecular weight excluding hydrogens is 254 g/mol. The summed E-state index contributed by atoms with van der Waals surface area (Å²) in [6.45, 7) is 2.00. The van der Waals surface area contributed by atoms with Crippen molar-refractivity contribution in [2.24, 2.45) is 5.11 Å². The Kier molecular flexibility index (Phi) is 4.03. The van der Waals surface area contributed by atoms with Gasteiger partial charge in [0.25, 0.3) is 0 Å². The van der Waals surface area contributed by atoms with Crippen LogP contribution in [0.25, 0.3) is 21.6 Å². The second-order valence-electron chi connectivity index (χ2n) is 4.32. The third-order valence-electron chi connectivity index (χ3n) is 2.88. The molecule has 0 saturated heterocycles. The molecule has 0 aromatic heterocycles. The highest BCUT2D eigenvalue weighted by atomic mass is 16.5. The minimum Gasteiger partial charge on any atom is -0.465 e. The van der Waals surface area contributed by atoms with Gasteiger partial charge >= 0.3 is 5.97 Å². The maximum absolute atomic E-state index is 11.7. The van der Waals surface area contributed by atoms with E-state index < -0.39 is 5.97 Å². The first-order valence-electron chi connectivity index (χ1n) is 5.99. The van der Waals surface area contributed by atoms with Crippen LogP contribution in [0.15, 0.2) is 47.6 Å². The van der Waals surface area contributed by atoms with Crippen LogP contribution in [0, 0.1) is 6.92 Å². The molecule has 0 radical (unpaired) electrons. The Morgan fingerprint density at radius 2 is 1.85 bits per heavy atom. The molecule has 2 aromatic rings. The molecule has 0 atom stereocenters. The van der Waals surface area contributed by atoms with Crippen molar-refractivity contribution < 1.29 is 9.53 Å². The summed E-state index contributed by atoms with van der Waals surface area (Å²) in [7, 11) is 1.31. The number of methoxy groups -OCH3 is 1. The SMILES string of the molecule is COC(=O)c1cc(N=[N+]=[N-])cc(-c2ccc(C)cc2)c1. The van der Waals surface area contributed by atoms with Crippen molar-refractivity contribution in [3.63, 3.8) is 0 Å². The molecule has 2 aromatic carbocycles. The van der Waals surface area contributed by atoms with Gasteiger partial charge in [0.15, 0.2) is 0 Å². The third-order valence-corrected chi connectivity index (χ3v) is 2.88. The van der Waals surface area contributed by atoms with Gasteiger partial charge < -0.3 is 4.74 Å². The molecule has 0 amide bonds. The smallest absolute Gasteiger partial charge is 0.337 e. The van der Waals surface area contributed by atoms with E-state index in [1.807, 2.05) is 31.2 Å². The summed E-state index contributed by atoms with van der Waals surface area (Å²) in [5, 5.41) is 3.56. The van der Waals surface area contributed by atoms with Gasteiger partial charge in [-0.25, -0.2) is 4.79 Å². The van der Waals surface area contributed by atoms with E-state index in [4.69, 9.17) is 10.3 Å². The molecule has 0 heterocycles. The van der Waals surface area contributed by atoms with Crippen LogP contribution in [-0.4, -0.2) is 13.1 Å². The van der Waals surface area contributed by atoms with Crippen LogP contribution in [0.5, 0.6) is 0 Å². The fourth-order valence-electron chi connectivity index (χ4n) is 1.87. The molecule has 20 heavy (non-hydrogen) atoms. The number of hydrogen-bond donors (Lipinski definition) is 0. The lowest BCUT2D eigenvalue weighted by Crippen LogP contribution is -2.01. The van der Waals surface area contributed by atoms with Gasteiger partial charge in [0.1, 0.15) is 0 Å². The second kappa shape index (κ2) is 5.91. The van der Waals surface area contributed by atoms with Gasteiger partial charge in [0.2, 0.25) is 0 Å². The van der Waals surface area contributed by atoms with Crippen LogP contribution in [0.2, 0.25) is 0 Å². The van der Waals surface area contributed by atoms with Crippen LogP contribution < -0.4 is 0 Å². The Balaban J connectivity index is 2.56. The minimum atomic E-state index is -0.464. The summed E-state index contributed by atoms with van der Waals surface area (Å²) >= 11 is 0. The first-order valence-corrected chi connectivity index (χ1v) is 5.99. The number of rotatable bonds is 3. The van der Waals surface area contributed by atoms with Gasteiger partial charge in [-0.15, -0.1) is 0 Å². The predicted molar refractivity (Wildman–Crippen MR) is 76.8 cm³/mol. The molecule has 0 aliphatic rings. The number of carbonyl (C=O) groups is 1. The van der Waals surface area contributed by atoms with E-state index in [0.29, 0.717) is 11.3 Å². The standard InChI is InChI=1S/C15H13N3O2/c1-10-3-5-11(6-4-10)12-7-13(15(19)20-2)9-14(8-12)17-18-16/h3-9H,1-2H3. The number of ether oxygens (including phenoxy) is 1. The summed E-state index contributed by atoms with van der Waals surface area (Å²) < 4.78 is 4.71. The number of azide groups is 1. The third kappa shape index (κ3) is 2.96. The van der Waals surface area contributed by atoms with Crippen molar-refractivity contribution >= 4 is 11.7 Å². The number of esters is 1. The van der Waals surface area contributed by atoms with E-state index in [0.717, 1.165) is 16.7 Å². The zero-order valence-corrected chi connectivity index (χ0v) is 11.2. The number of carbonyl (C=O) groups excluding carboxylic acids is 1. The normalized spacial score (nSPS) is 9.70. The molecule has 0 saturated carbocycles. The molecule has 5 nitrogen and oxygen atoms in total. The Morgan fingerprint density at radius 3 is 2.45 bits per heavy atom. The summed E-state index contributed by atoms with van der Waals surface area (Å²) in [6.07, 6.45) is 0. The molecule has 2 rings (SSSR count). The highest BCUT2D eigenvalue weighted by molar-refractivity contribution is 5.92.